The van der Waals surface area contributed by atoms with Crippen molar-refractivity contribution in [3.05, 3.63) is 140 Å². The Balaban J connectivity index is 1.28. The van der Waals surface area contributed by atoms with Crippen LogP contribution in [0.1, 0.15) is 0 Å². The zero-order valence-corrected chi connectivity index (χ0v) is 24.4. The SMILES string of the molecule is c1ccc(-c2nc(-c3cccc4c3ccc3ccc5oc6ccccc6c5c34)nc(-c3cccc4oc5ccccc5c34)n2)cc1. The number of rotatable bonds is 3. The third-order valence-corrected chi connectivity index (χ3v) is 8.93. The van der Waals surface area contributed by atoms with Crippen LogP contribution in [0.5, 0.6) is 0 Å². The minimum atomic E-state index is 0.599. The van der Waals surface area contributed by atoms with Crippen LogP contribution in [0, 0.1) is 0 Å². The summed E-state index contributed by atoms with van der Waals surface area (Å²) in [5.74, 6) is 1.83. The monoisotopic (exact) mass is 589 g/mol. The summed E-state index contributed by atoms with van der Waals surface area (Å²) in [5, 5.41) is 8.76. The molecule has 5 nitrogen and oxygen atoms in total. The van der Waals surface area contributed by atoms with E-state index in [-0.39, 0.29) is 0 Å². The summed E-state index contributed by atoms with van der Waals surface area (Å²) >= 11 is 0. The minimum Gasteiger partial charge on any atom is -0.456 e. The van der Waals surface area contributed by atoms with E-state index in [1.165, 1.54) is 0 Å². The van der Waals surface area contributed by atoms with Gasteiger partial charge in [0.1, 0.15) is 22.3 Å². The Bertz CT molecular complexity index is 2810. The van der Waals surface area contributed by atoms with Crippen molar-refractivity contribution in [2.24, 2.45) is 0 Å². The van der Waals surface area contributed by atoms with Crippen molar-refractivity contribution in [3.63, 3.8) is 0 Å². The first-order valence-electron chi connectivity index (χ1n) is 15.3. The highest BCUT2D eigenvalue weighted by atomic mass is 16.3. The maximum atomic E-state index is 6.27. The molecule has 46 heavy (non-hydrogen) atoms. The predicted molar refractivity (Wildman–Crippen MR) is 186 cm³/mol. The smallest absolute Gasteiger partial charge is 0.164 e. The van der Waals surface area contributed by atoms with E-state index in [1.54, 1.807) is 0 Å². The second kappa shape index (κ2) is 9.58. The molecule has 0 aliphatic heterocycles. The van der Waals surface area contributed by atoms with E-state index >= 15 is 0 Å². The first-order valence-corrected chi connectivity index (χ1v) is 15.3. The molecule has 0 aliphatic rings. The second-order valence-corrected chi connectivity index (χ2v) is 11.6. The van der Waals surface area contributed by atoms with Gasteiger partial charge < -0.3 is 8.83 Å². The molecule has 3 heterocycles. The fourth-order valence-corrected chi connectivity index (χ4v) is 6.89. The quantitative estimate of drug-likeness (QED) is 0.192. The number of hydrogen-bond acceptors (Lipinski definition) is 5. The Hall–Kier alpha value is -6.33. The van der Waals surface area contributed by atoms with Gasteiger partial charge in [-0.1, -0.05) is 115 Å². The zero-order valence-electron chi connectivity index (χ0n) is 24.4. The minimum absolute atomic E-state index is 0.599. The summed E-state index contributed by atoms with van der Waals surface area (Å²) < 4.78 is 12.5. The fraction of sp³-hybridized carbons (Fsp3) is 0. The predicted octanol–water partition coefficient (Wildman–Crippen LogP) is 11.0. The van der Waals surface area contributed by atoms with Crippen molar-refractivity contribution < 1.29 is 8.83 Å². The van der Waals surface area contributed by atoms with E-state index in [1.807, 2.05) is 72.8 Å². The highest BCUT2D eigenvalue weighted by molar-refractivity contribution is 6.27. The van der Waals surface area contributed by atoms with Crippen LogP contribution in [-0.2, 0) is 0 Å². The largest absolute Gasteiger partial charge is 0.456 e. The van der Waals surface area contributed by atoms with Crippen LogP contribution in [0.3, 0.4) is 0 Å². The summed E-state index contributed by atoms with van der Waals surface area (Å²) in [4.78, 5) is 15.3. The van der Waals surface area contributed by atoms with E-state index in [9.17, 15) is 0 Å². The number of para-hydroxylation sites is 2. The topological polar surface area (TPSA) is 65.0 Å². The number of benzene rings is 7. The zero-order chi connectivity index (χ0) is 30.2. The van der Waals surface area contributed by atoms with Gasteiger partial charge in [0.2, 0.25) is 0 Å². The second-order valence-electron chi connectivity index (χ2n) is 11.6. The molecule has 0 saturated heterocycles. The first-order chi connectivity index (χ1) is 22.8. The van der Waals surface area contributed by atoms with Gasteiger partial charge in [-0.25, -0.2) is 15.0 Å². The van der Waals surface area contributed by atoms with Crippen molar-refractivity contribution in [1.29, 1.82) is 0 Å². The van der Waals surface area contributed by atoms with Gasteiger partial charge in [-0.2, -0.15) is 0 Å². The Morgan fingerprint density at radius 2 is 0.891 bits per heavy atom. The molecular weight excluding hydrogens is 566 g/mol. The van der Waals surface area contributed by atoms with Crippen LogP contribution in [0.15, 0.2) is 148 Å². The van der Waals surface area contributed by atoms with Crippen molar-refractivity contribution >= 4 is 65.4 Å². The molecule has 0 bridgehead atoms. The van der Waals surface area contributed by atoms with E-state index in [2.05, 4.69) is 66.7 Å². The lowest BCUT2D eigenvalue weighted by molar-refractivity contribution is 0.668. The van der Waals surface area contributed by atoms with Crippen molar-refractivity contribution in [3.8, 4) is 34.2 Å². The lowest BCUT2D eigenvalue weighted by Gasteiger charge is -2.12. The van der Waals surface area contributed by atoms with Crippen molar-refractivity contribution in [2.75, 3.05) is 0 Å². The number of fused-ring (bicyclic) bond motifs is 10. The Kier molecular flexibility index (Phi) is 5.22. The van der Waals surface area contributed by atoms with E-state index in [4.69, 9.17) is 23.8 Å². The van der Waals surface area contributed by atoms with Crippen LogP contribution in [-0.4, -0.2) is 15.0 Å². The standard InChI is InChI=1S/C41H23N3O2/c1-2-10-25(11-3-1)39-42-40(44-41(43-39)31-16-9-19-34-37(31)29-12-4-6-17-32(29)45-34)28-15-8-14-27-26(28)22-20-24-21-23-35-38(36(24)27)30-13-5-7-18-33(30)46-35/h1-23H. The Morgan fingerprint density at radius 3 is 1.70 bits per heavy atom. The highest BCUT2D eigenvalue weighted by Crippen LogP contribution is 2.41. The first kappa shape index (κ1) is 25.0. The molecule has 0 unspecified atom stereocenters. The summed E-state index contributed by atoms with van der Waals surface area (Å²) in [6.45, 7) is 0. The number of hydrogen-bond donors (Lipinski definition) is 0. The molecule has 10 aromatic rings. The molecule has 0 aliphatic carbocycles. The summed E-state index contributed by atoms with van der Waals surface area (Å²) in [7, 11) is 0. The molecule has 7 aromatic carbocycles. The third kappa shape index (κ3) is 3.66. The molecular formula is C41H23N3O2. The van der Waals surface area contributed by atoms with Crippen molar-refractivity contribution in [2.45, 2.75) is 0 Å². The fourth-order valence-electron chi connectivity index (χ4n) is 6.89. The summed E-state index contributed by atoms with van der Waals surface area (Å²) in [6, 6.07) is 47.4. The summed E-state index contributed by atoms with van der Waals surface area (Å²) in [5.41, 5.74) is 6.16. The average molecular weight is 590 g/mol. The molecule has 214 valence electrons. The van der Waals surface area contributed by atoms with E-state index in [0.717, 1.165) is 82.1 Å². The molecule has 0 spiro atoms. The van der Waals surface area contributed by atoms with E-state index < -0.39 is 0 Å². The number of aromatic nitrogens is 3. The molecule has 0 atom stereocenters. The molecule has 0 radical (unpaired) electrons. The molecule has 10 rings (SSSR count). The number of nitrogens with zero attached hydrogens (tertiary/aromatic N) is 3. The van der Waals surface area contributed by atoms with Crippen molar-refractivity contribution in [1.82, 2.24) is 15.0 Å². The normalized spacial score (nSPS) is 11.9. The molecule has 3 aromatic heterocycles. The lowest BCUT2D eigenvalue weighted by Crippen LogP contribution is -2.01. The van der Waals surface area contributed by atoms with Gasteiger partial charge in [-0.3, -0.25) is 0 Å². The van der Waals surface area contributed by atoms with Crippen LogP contribution in [0.4, 0.5) is 0 Å². The molecule has 5 heteroatoms. The van der Waals surface area contributed by atoms with Gasteiger partial charge in [0.05, 0.1) is 0 Å². The van der Waals surface area contributed by atoms with Gasteiger partial charge in [0.15, 0.2) is 17.5 Å². The van der Waals surface area contributed by atoms with Crippen LogP contribution in [0.25, 0.3) is 99.6 Å². The Labute approximate surface area is 262 Å². The molecule has 0 fully saturated rings. The number of furan rings is 2. The maximum absolute atomic E-state index is 6.27. The highest BCUT2D eigenvalue weighted by Gasteiger charge is 2.20. The van der Waals surface area contributed by atoms with Crippen LogP contribution >= 0.6 is 0 Å². The lowest BCUT2D eigenvalue weighted by atomic mass is 9.95. The third-order valence-electron chi connectivity index (χ3n) is 8.93. The average Bonchev–Trinajstić information content (AvgIpc) is 3.70. The summed E-state index contributed by atoms with van der Waals surface area (Å²) in [6.07, 6.45) is 0. The van der Waals surface area contributed by atoms with E-state index in [0.29, 0.717) is 17.5 Å². The van der Waals surface area contributed by atoms with Crippen LogP contribution < -0.4 is 0 Å². The maximum Gasteiger partial charge on any atom is 0.164 e. The van der Waals surface area contributed by atoms with Gasteiger partial charge in [-0.15, -0.1) is 0 Å². The molecule has 0 N–H and O–H groups in total. The van der Waals surface area contributed by atoms with Gasteiger partial charge in [-0.05, 0) is 40.4 Å². The van der Waals surface area contributed by atoms with Crippen LogP contribution in [0.2, 0.25) is 0 Å². The van der Waals surface area contributed by atoms with Gasteiger partial charge in [0.25, 0.3) is 0 Å². The molecule has 0 saturated carbocycles. The Morgan fingerprint density at radius 1 is 0.326 bits per heavy atom. The van der Waals surface area contributed by atoms with Gasteiger partial charge in [0, 0.05) is 43.6 Å². The van der Waals surface area contributed by atoms with Gasteiger partial charge >= 0.3 is 0 Å². The molecule has 0 amide bonds.